The van der Waals surface area contributed by atoms with Crippen molar-refractivity contribution in [3.8, 4) is 0 Å². The first-order valence-electron chi connectivity index (χ1n) is 5.46. The Morgan fingerprint density at radius 1 is 1.39 bits per heavy atom. The average molecular weight is 253 g/mol. The monoisotopic (exact) mass is 253 g/mol. The number of benzene rings is 1. The molecule has 0 aliphatic rings. The summed E-state index contributed by atoms with van der Waals surface area (Å²) >= 11 is 0. The topological polar surface area (TPSA) is 70.9 Å². The number of halogens is 2. The van der Waals surface area contributed by atoms with Gasteiger partial charge in [-0.25, -0.2) is 8.78 Å². The normalized spacial score (nSPS) is 11.7. The molecule has 1 amide bonds. The number of nitrogens with one attached hydrogen (secondary N) is 2. The van der Waals surface area contributed by atoms with Gasteiger partial charge in [0, 0.05) is 22.7 Å². The number of amides is 1. The lowest BCUT2D eigenvalue weighted by Crippen LogP contribution is -2.41. The highest BCUT2D eigenvalue weighted by atomic mass is 19.3. The summed E-state index contributed by atoms with van der Waals surface area (Å²) in [5.74, 6) is -3.62. The molecule has 0 radical (unpaired) electrons. The molecule has 0 aliphatic carbocycles. The number of aromatic amines is 1. The van der Waals surface area contributed by atoms with E-state index in [-0.39, 0.29) is 0 Å². The number of alkyl halides is 2. The summed E-state index contributed by atoms with van der Waals surface area (Å²) < 4.78 is 25.9. The summed E-state index contributed by atoms with van der Waals surface area (Å²) in [5, 5.41) is 2.89. The van der Waals surface area contributed by atoms with Gasteiger partial charge in [0.25, 0.3) is 11.8 Å². The van der Waals surface area contributed by atoms with E-state index in [4.69, 9.17) is 5.73 Å². The zero-order valence-corrected chi connectivity index (χ0v) is 9.54. The van der Waals surface area contributed by atoms with Crippen LogP contribution in [0.4, 0.5) is 8.78 Å². The first-order chi connectivity index (χ1) is 8.53. The van der Waals surface area contributed by atoms with Crippen molar-refractivity contribution >= 4 is 16.8 Å². The summed E-state index contributed by atoms with van der Waals surface area (Å²) in [6.45, 7) is -1.55. The Labute approximate surface area is 102 Å². The Morgan fingerprint density at radius 2 is 2.17 bits per heavy atom. The van der Waals surface area contributed by atoms with Crippen LogP contribution in [0.3, 0.4) is 0 Å². The zero-order valence-electron chi connectivity index (χ0n) is 9.54. The van der Waals surface area contributed by atoms with Gasteiger partial charge in [0.05, 0.1) is 13.1 Å². The molecule has 2 aromatic rings. The molecule has 2 rings (SSSR count). The molecule has 1 aromatic heterocycles. The van der Waals surface area contributed by atoms with Crippen molar-refractivity contribution in [3.63, 3.8) is 0 Å². The van der Waals surface area contributed by atoms with Gasteiger partial charge in [0.1, 0.15) is 0 Å². The second-order valence-electron chi connectivity index (χ2n) is 3.99. The molecular formula is C12H13F2N3O. The van der Waals surface area contributed by atoms with Crippen LogP contribution in [0, 0.1) is 0 Å². The van der Waals surface area contributed by atoms with Gasteiger partial charge in [-0.05, 0) is 18.2 Å². The first-order valence-corrected chi connectivity index (χ1v) is 5.46. The van der Waals surface area contributed by atoms with Gasteiger partial charge in [-0.15, -0.1) is 0 Å². The van der Waals surface area contributed by atoms with Crippen molar-refractivity contribution in [1.29, 1.82) is 0 Å². The summed E-state index contributed by atoms with van der Waals surface area (Å²) in [5.41, 5.74) is 6.05. The molecule has 0 saturated carbocycles. The van der Waals surface area contributed by atoms with Crippen molar-refractivity contribution in [2.45, 2.75) is 5.92 Å². The van der Waals surface area contributed by atoms with Crippen LogP contribution in [-0.4, -0.2) is 29.9 Å². The van der Waals surface area contributed by atoms with E-state index in [1.807, 2.05) is 0 Å². The van der Waals surface area contributed by atoms with Crippen LogP contribution in [-0.2, 0) is 0 Å². The van der Waals surface area contributed by atoms with Crippen molar-refractivity contribution < 1.29 is 13.6 Å². The Hall–Kier alpha value is -1.95. The summed E-state index contributed by atoms with van der Waals surface area (Å²) in [6, 6.07) is 6.81. The Balaban J connectivity index is 2.17. The first kappa shape index (κ1) is 12.5. The van der Waals surface area contributed by atoms with E-state index < -0.39 is 24.9 Å². The molecule has 4 nitrogen and oxygen atoms in total. The molecule has 18 heavy (non-hydrogen) atoms. The van der Waals surface area contributed by atoms with E-state index in [0.717, 1.165) is 5.52 Å². The van der Waals surface area contributed by atoms with Gasteiger partial charge in [0.2, 0.25) is 0 Å². The van der Waals surface area contributed by atoms with E-state index in [1.165, 1.54) is 0 Å². The molecular weight excluding hydrogens is 240 g/mol. The molecule has 0 atom stereocenters. The highest BCUT2D eigenvalue weighted by Crippen LogP contribution is 2.17. The third-order valence-corrected chi connectivity index (χ3v) is 2.65. The lowest BCUT2D eigenvalue weighted by Gasteiger charge is -2.14. The molecule has 0 aliphatic heterocycles. The van der Waals surface area contributed by atoms with Crippen LogP contribution in [0.5, 0.6) is 0 Å². The highest BCUT2D eigenvalue weighted by Gasteiger charge is 2.27. The Bertz CT molecular complexity index is 565. The van der Waals surface area contributed by atoms with E-state index >= 15 is 0 Å². The Kier molecular flexibility index (Phi) is 3.29. The fourth-order valence-electron chi connectivity index (χ4n) is 1.66. The minimum absolute atomic E-state index is 0.363. The van der Waals surface area contributed by atoms with E-state index in [2.05, 4.69) is 10.3 Å². The van der Waals surface area contributed by atoms with Crippen LogP contribution in [0.2, 0.25) is 0 Å². The Morgan fingerprint density at radius 3 is 2.89 bits per heavy atom. The van der Waals surface area contributed by atoms with Gasteiger partial charge in [-0.2, -0.15) is 0 Å². The fraction of sp³-hybridized carbons (Fsp3) is 0.250. The average Bonchev–Trinajstić information content (AvgIpc) is 2.84. The number of carbonyl (C=O) groups is 1. The predicted molar refractivity (Wildman–Crippen MR) is 64.6 cm³/mol. The number of carbonyl (C=O) groups excluding carboxylic acids is 1. The predicted octanol–water partition coefficient (Wildman–Crippen LogP) is 1.49. The van der Waals surface area contributed by atoms with Gasteiger partial charge in [0.15, 0.2) is 0 Å². The van der Waals surface area contributed by atoms with Crippen molar-refractivity contribution in [2.75, 3.05) is 13.1 Å². The number of H-pyrrole nitrogens is 1. The van der Waals surface area contributed by atoms with Crippen molar-refractivity contribution in [2.24, 2.45) is 5.73 Å². The van der Waals surface area contributed by atoms with E-state index in [9.17, 15) is 13.6 Å². The quantitative estimate of drug-likeness (QED) is 0.772. The third-order valence-electron chi connectivity index (χ3n) is 2.65. The number of fused-ring (bicyclic) bond motifs is 1. The fourth-order valence-corrected chi connectivity index (χ4v) is 1.66. The molecule has 96 valence electrons. The molecule has 0 bridgehead atoms. The minimum atomic E-state index is -3.08. The van der Waals surface area contributed by atoms with Crippen LogP contribution < -0.4 is 11.1 Å². The third kappa shape index (κ3) is 2.48. The van der Waals surface area contributed by atoms with Crippen LogP contribution in [0.15, 0.2) is 30.5 Å². The molecule has 4 N–H and O–H groups in total. The van der Waals surface area contributed by atoms with Gasteiger partial charge in [-0.3, -0.25) is 4.79 Å². The molecule has 1 aromatic carbocycles. The van der Waals surface area contributed by atoms with Gasteiger partial charge < -0.3 is 16.0 Å². The zero-order chi connectivity index (χ0) is 13.2. The smallest absolute Gasteiger partial charge is 0.277 e. The molecule has 1 heterocycles. The number of hydrogen-bond acceptors (Lipinski definition) is 2. The number of nitrogens with two attached hydrogens (primary N) is 1. The van der Waals surface area contributed by atoms with Crippen LogP contribution in [0.25, 0.3) is 10.9 Å². The summed E-state index contributed by atoms with van der Waals surface area (Å²) in [7, 11) is 0. The standard InChI is InChI=1S/C12H13F2N3O/c13-12(14,6-15)7-17-11(18)9-2-1-3-10-8(9)4-5-16-10/h1-5,16H,6-7,15H2,(H,17,18). The molecule has 0 saturated heterocycles. The molecule has 0 fully saturated rings. The lowest BCUT2D eigenvalue weighted by molar-refractivity contribution is 0.0119. The maximum atomic E-state index is 12.9. The second kappa shape index (κ2) is 4.73. The van der Waals surface area contributed by atoms with Crippen molar-refractivity contribution in [1.82, 2.24) is 10.3 Å². The minimum Gasteiger partial charge on any atom is -0.361 e. The van der Waals surface area contributed by atoms with E-state index in [1.54, 1.807) is 30.5 Å². The van der Waals surface area contributed by atoms with E-state index in [0.29, 0.717) is 10.9 Å². The number of aromatic nitrogens is 1. The lowest BCUT2D eigenvalue weighted by atomic mass is 10.1. The summed E-state index contributed by atoms with van der Waals surface area (Å²) in [6.07, 6.45) is 1.69. The highest BCUT2D eigenvalue weighted by molar-refractivity contribution is 6.06. The second-order valence-corrected chi connectivity index (χ2v) is 3.99. The molecule has 0 spiro atoms. The van der Waals surface area contributed by atoms with Gasteiger partial charge >= 0.3 is 0 Å². The van der Waals surface area contributed by atoms with Crippen LogP contribution in [0.1, 0.15) is 10.4 Å². The SMILES string of the molecule is NCC(F)(F)CNC(=O)c1cccc2[nH]ccc12. The number of rotatable bonds is 4. The van der Waals surface area contributed by atoms with Crippen molar-refractivity contribution in [3.05, 3.63) is 36.0 Å². The summed E-state index contributed by atoms with van der Waals surface area (Å²) in [4.78, 5) is 14.8. The molecule has 6 heteroatoms. The largest absolute Gasteiger partial charge is 0.361 e. The maximum absolute atomic E-state index is 12.9. The van der Waals surface area contributed by atoms with Crippen LogP contribution >= 0.6 is 0 Å². The van der Waals surface area contributed by atoms with Gasteiger partial charge in [-0.1, -0.05) is 6.07 Å². The number of hydrogen-bond donors (Lipinski definition) is 3. The maximum Gasteiger partial charge on any atom is 0.277 e. The molecule has 0 unspecified atom stereocenters.